The molecule has 3 aromatic rings. The predicted molar refractivity (Wildman–Crippen MR) is 107 cm³/mol. The number of nitrogens with one attached hydrogen (secondary N) is 1. The number of carbonyl (C=O) groups excluding carboxylic acids is 1. The third-order valence-corrected chi connectivity index (χ3v) is 5.42. The van der Waals surface area contributed by atoms with Gasteiger partial charge in [-0.15, -0.1) is 0 Å². The van der Waals surface area contributed by atoms with Gasteiger partial charge in [-0.3, -0.25) is 4.79 Å². The summed E-state index contributed by atoms with van der Waals surface area (Å²) in [6.45, 7) is 8.06. The van der Waals surface area contributed by atoms with Crippen molar-refractivity contribution in [1.29, 1.82) is 0 Å². The molecule has 26 heavy (non-hydrogen) atoms. The van der Waals surface area contributed by atoms with Gasteiger partial charge in [0.1, 0.15) is 10.9 Å². The number of thioether (sulfide) groups is 1. The number of hydrogen-bond acceptors (Lipinski definition) is 4. The molecule has 1 atom stereocenters. The summed E-state index contributed by atoms with van der Waals surface area (Å²) in [5.74, 6) is 1.05. The number of hydrogen-bond donors (Lipinski definition) is 1. The quantitative estimate of drug-likeness (QED) is 0.533. The van der Waals surface area contributed by atoms with Crippen molar-refractivity contribution in [1.82, 2.24) is 15.3 Å². The van der Waals surface area contributed by atoms with Gasteiger partial charge in [0.25, 0.3) is 0 Å². The van der Waals surface area contributed by atoms with Gasteiger partial charge in [-0.2, -0.15) is 0 Å². The molecule has 5 heteroatoms. The number of amides is 1. The highest BCUT2D eigenvalue weighted by Crippen LogP contribution is 2.25. The van der Waals surface area contributed by atoms with Crippen molar-refractivity contribution >= 4 is 28.6 Å². The lowest BCUT2D eigenvalue weighted by Crippen LogP contribution is -2.28. The summed E-state index contributed by atoms with van der Waals surface area (Å²) < 4.78 is 0. The Morgan fingerprint density at radius 1 is 1.08 bits per heavy atom. The van der Waals surface area contributed by atoms with Crippen LogP contribution in [0.3, 0.4) is 0 Å². The Balaban J connectivity index is 1.66. The van der Waals surface area contributed by atoms with Crippen LogP contribution in [0.1, 0.15) is 35.5 Å². The maximum atomic E-state index is 12.4. The molecule has 0 unspecified atom stereocenters. The zero-order chi connectivity index (χ0) is 18.7. The molecule has 134 valence electrons. The van der Waals surface area contributed by atoms with Crippen LogP contribution in [0.4, 0.5) is 0 Å². The van der Waals surface area contributed by atoms with Gasteiger partial charge in [-0.05, 0) is 50.5 Å². The van der Waals surface area contributed by atoms with Crippen molar-refractivity contribution < 1.29 is 4.79 Å². The number of benzene rings is 2. The van der Waals surface area contributed by atoms with Gasteiger partial charge in [-0.25, -0.2) is 9.97 Å². The number of rotatable bonds is 5. The molecule has 3 rings (SSSR count). The van der Waals surface area contributed by atoms with Crippen LogP contribution in [0.5, 0.6) is 0 Å². The Hall–Kier alpha value is -2.40. The molecule has 0 aliphatic carbocycles. The third kappa shape index (κ3) is 4.22. The monoisotopic (exact) mass is 365 g/mol. The standard InChI is InChI=1S/C21H23N3OS/c1-13-9-10-17(11-14(13)2)15(3)22-20(25)12-26-21-18-7-5-6-8-19(18)23-16(4)24-21/h5-11,15H,12H2,1-4H3,(H,22,25)/t15-/m1/s1. The number of carbonyl (C=O) groups is 1. The highest BCUT2D eigenvalue weighted by molar-refractivity contribution is 8.00. The van der Waals surface area contributed by atoms with Crippen LogP contribution in [-0.4, -0.2) is 21.6 Å². The second-order valence-corrected chi connectivity index (χ2v) is 7.48. The maximum Gasteiger partial charge on any atom is 0.230 e. The van der Waals surface area contributed by atoms with Crippen molar-refractivity contribution in [3.63, 3.8) is 0 Å². The Bertz CT molecular complexity index is 955. The number of aryl methyl sites for hydroxylation is 3. The van der Waals surface area contributed by atoms with Gasteiger partial charge >= 0.3 is 0 Å². The van der Waals surface area contributed by atoms with E-state index in [4.69, 9.17) is 0 Å². The summed E-state index contributed by atoms with van der Waals surface area (Å²) in [4.78, 5) is 21.3. The van der Waals surface area contributed by atoms with Gasteiger partial charge in [0.15, 0.2) is 0 Å². The van der Waals surface area contributed by atoms with E-state index in [-0.39, 0.29) is 11.9 Å². The molecule has 0 saturated carbocycles. The Morgan fingerprint density at radius 3 is 2.62 bits per heavy atom. The lowest BCUT2D eigenvalue weighted by molar-refractivity contribution is -0.119. The van der Waals surface area contributed by atoms with E-state index in [1.165, 1.54) is 22.9 Å². The molecule has 0 aliphatic heterocycles. The van der Waals surface area contributed by atoms with Gasteiger partial charge in [0.05, 0.1) is 17.3 Å². The molecule has 2 aromatic carbocycles. The van der Waals surface area contributed by atoms with Crippen molar-refractivity contribution in [2.24, 2.45) is 0 Å². The average molecular weight is 366 g/mol. The molecule has 1 N–H and O–H groups in total. The van der Waals surface area contributed by atoms with E-state index in [2.05, 4.69) is 47.3 Å². The van der Waals surface area contributed by atoms with Crippen LogP contribution >= 0.6 is 11.8 Å². The third-order valence-electron chi connectivity index (χ3n) is 4.43. The number of para-hydroxylation sites is 1. The summed E-state index contributed by atoms with van der Waals surface area (Å²) in [6.07, 6.45) is 0. The minimum absolute atomic E-state index is 0.000995. The fourth-order valence-electron chi connectivity index (χ4n) is 2.80. The van der Waals surface area contributed by atoms with Gasteiger partial charge in [-0.1, -0.05) is 48.2 Å². The van der Waals surface area contributed by atoms with E-state index in [1.54, 1.807) is 0 Å². The molecule has 0 spiro atoms. The van der Waals surface area contributed by atoms with Crippen LogP contribution in [0.15, 0.2) is 47.5 Å². The van der Waals surface area contributed by atoms with E-state index >= 15 is 0 Å². The highest BCUT2D eigenvalue weighted by atomic mass is 32.2. The van der Waals surface area contributed by atoms with Crippen LogP contribution in [0.25, 0.3) is 10.9 Å². The number of nitrogens with zero attached hydrogens (tertiary/aromatic N) is 2. The fourth-order valence-corrected chi connectivity index (χ4v) is 3.68. The first-order valence-electron chi connectivity index (χ1n) is 8.66. The first-order chi connectivity index (χ1) is 12.4. The molecule has 0 bridgehead atoms. The molecule has 0 radical (unpaired) electrons. The summed E-state index contributed by atoms with van der Waals surface area (Å²) >= 11 is 1.45. The van der Waals surface area contributed by atoms with E-state index in [1.807, 2.05) is 38.1 Å². The Labute approximate surface area is 158 Å². The van der Waals surface area contributed by atoms with Crippen molar-refractivity contribution in [3.05, 3.63) is 65.0 Å². The van der Waals surface area contributed by atoms with E-state index < -0.39 is 0 Å². The second kappa shape index (κ2) is 7.87. The first kappa shape index (κ1) is 18.4. The molecule has 1 aromatic heterocycles. The first-order valence-corrected chi connectivity index (χ1v) is 9.65. The van der Waals surface area contributed by atoms with E-state index in [0.29, 0.717) is 5.75 Å². The highest BCUT2D eigenvalue weighted by Gasteiger charge is 2.13. The normalized spacial score (nSPS) is 12.2. The summed E-state index contributed by atoms with van der Waals surface area (Å²) in [7, 11) is 0. The SMILES string of the molecule is Cc1nc(SCC(=O)N[C@H](C)c2ccc(C)c(C)c2)c2ccccc2n1. The smallest absolute Gasteiger partial charge is 0.230 e. The summed E-state index contributed by atoms with van der Waals surface area (Å²) in [5, 5.41) is 4.91. The second-order valence-electron chi connectivity index (χ2n) is 6.51. The van der Waals surface area contributed by atoms with Gasteiger partial charge < -0.3 is 5.32 Å². The van der Waals surface area contributed by atoms with Crippen LogP contribution < -0.4 is 5.32 Å². The lowest BCUT2D eigenvalue weighted by atomic mass is 10.0. The fraction of sp³-hybridized carbons (Fsp3) is 0.286. The topological polar surface area (TPSA) is 54.9 Å². The molecular weight excluding hydrogens is 342 g/mol. The number of fused-ring (bicyclic) bond motifs is 1. The zero-order valence-corrected chi connectivity index (χ0v) is 16.4. The molecule has 1 heterocycles. The van der Waals surface area contributed by atoms with Crippen molar-refractivity contribution in [3.8, 4) is 0 Å². The molecule has 0 saturated heterocycles. The minimum Gasteiger partial charge on any atom is -0.349 e. The summed E-state index contributed by atoms with van der Waals surface area (Å²) in [6, 6.07) is 14.2. The Kier molecular flexibility index (Phi) is 5.57. The lowest BCUT2D eigenvalue weighted by Gasteiger charge is -2.16. The largest absolute Gasteiger partial charge is 0.349 e. The average Bonchev–Trinajstić information content (AvgIpc) is 2.61. The van der Waals surface area contributed by atoms with Gasteiger partial charge in [0, 0.05) is 5.39 Å². The molecular formula is C21H23N3OS. The molecule has 0 aliphatic rings. The molecule has 1 amide bonds. The van der Waals surface area contributed by atoms with Crippen LogP contribution in [0.2, 0.25) is 0 Å². The predicted octanol–water partition coefficient (Wildman–Crippen LogP) is 4.52. The minimum atomic E-state index is -0.0220. The van der Waals surface area contributed by atoms with E-state index in [9.17, 15) is 4.79 Å². The van der Waals surface area contributed by atoms with Crippen LogP contribution in [-0.2, 0) is 4.79 Å². The van der Waals surface area contributed by atoms with Crippen molar-refractivity contribution in [2.45, 2.75) is 38.8 Å². The van der Waals surface area contributed by atoms with Crippen molar-refractivity contribution in [2.75, 3.05) is 5.75 Å². The summed E-state index contributed by atoms with van der Waals surface area (Å²) in [5.41, 5.74) is 4.52. The molecule has 0 fully saturated rings. The Morgan fingerprint density at radius 2 is 1.85 bits per heavy atom. The number of aromatic nitrogens is 2. The maximum absolute atomic E-state index is 12.4. The van der Waals surface area contributed by atoms with Gasteiger partial charge in [0.2, 0.25) is 5.91 Å². The molecule has 4 nitrogen and oxygen atoms in total. The van der Waals surface area contributed by atoms with E-state index in [0.717, 1.165) is 27.3 Å². The van der Waals surface area contributed by atoms with Crippen LogP contribution in [0, 0.1) is 20.8 Å². The zero-order valence-electron chi connectivity index (χ0n) is 15.5.